The zero-order valence-electron chi connectivity index (χ0n) is 14.9. The minimum Gasteiger partial charge on any atom is -0.481 e. The first-order chi connectivity index (χ1) is 11.9. The monoisotopic (exact) mass is 346 g/mol. The summed E-state index contributed by atoms with van der Waals surface area (Å²) in [5.74, 6) is -1.24. The number of amides is 2. The Morgan fingerprint density at radius 1 is 1.24 bits per heavy atom. The minimum atomic E-state index is -0.792. The molecule has 0 spiro atoms. The molecule has 0 aliphatic carbocycles. The summed E-state index contributed by atoms with van der Waals surface area (Å²) >= 11 is 0. The van der Waals surface area contributed by atoms with E-state index in [1.807, 2.05) is 32.0 Å². The van der Waals surface area contributed by atoms with E-state index in [2.05, 4.69) is 5.32 Å². The van der Waals surface area contributed by atoms with E-state index in [4.69, 9.17) is 5.11 Å². The second-order valence-corrected chi connectivity index (χ2v) is 6.62. The van der Waals surface area contributed by atoms with Gasteiger partial charge in [-0.2, -0.15) is 0 Å². The fourth-order valence-corrected chi connectivity index (χ4v) is 3.08. The Hall–Kier alpha value is -2.37. The van der Waals surface area contributed by atoms with Gasteiger partial charge >= 0.3 is 5.97 Å². The molecule has 6 heteroatoms. The van der Waals surface area contributed by atoms with Crippen molar-refractivity contribution in [3.8, 4) is 0 Å². The fourth-order valence-electron chi connectivity index (χ4n) is 3.08. The van der Waals surface area contributed by atoms with Gasteiger partial charge in [0.25, 0.3) is 0 Å². The quantitative estimate of drug-likeness (QED) is 0.708. The van der Waals surface area contributed by atoms with Crippen LogP contribution in [-0.2, 0) is 14.4 Å². The summed E-state index contributed by atoms with van der Waals surface area (Å²) in [6, 6.07) is 5.85. The van der Waals surface area contributed by atoms with Crippen molar-refractivity contribution < 1.29 is 19.5 Å². The van der Waals surface area contributed by atoms with Crippen molar-refractivity contribution in [3.05, 3.63) is 29.3 Å². The highest BCUT2D eigenvalue weighted by atomic mass is 16.4. The summed E-state index contributed by atoms with van der Waals surface area (Å²) in [5, 5.41) is 11.4. The standard InChI is InChI=1S/C19H26N2O4/c1-13-7-6-8-16(14(13)2)21-12-15(11-17(21)22)19(25)20-10-5-3-4-9-18(23)24/h6-8,15H,3-5,9-12H2,1-2H3,(H,20,25)(H,23,24). The van der Waals surface area contributed by atoms with Crippen LogP contribution in [0, 0.1) is 19.8 Å². The predicted octanol–water partition coefficient (Wildman–Crippen LogP) is 2.42. The fraction of sp³-hybridized carbons (Fsp3) is 0.526. The first-order valence-corrected chi connectivity index (χ1v) is 8.76. The summed E-state index contributed by atoms with van der Waals surface area (Å²) in [4.78, 5) is 36.7. The number of nitrogens with zero attached hydrogens (tertiary/aromatic N) is 1. The molecule has 0 radical (unpaired) electrons. The van der Waals surface area contributed by atoms with Crippen molar-refractivity contribution in [1.29, 1.82) is 0 Å². The van der Waals surface area contributed by atoms with Crippen LogP contribution in [0.5, 0.6) is 0 Å². The molecule has 1 aliphatic rings. The van der Waals surface area contributed by atoms with Gasteiger partial charge in [0.1, 0.15) is 0 Å². The number of carbonyl (C=O) groups is 3. The van der Waals surface area contributed by atoms with E-state index in [-0.39, 0.29) is 30.6 Å². The molecule has 1 aromatic rings. The van der Waals surface area contributed by atoms with E-state index in [0.29, 0.717) is 19.5 Å². The largest absolute Gasteiger partial charge is 0.481 e. The molecule has 2 rings (SSSR count). The molecule has 1 heterocycles. The molecule has 1 aliphatic heterocycles. The van der Waals surface area contributed by atoms with Crippen LogP contribution in [0.1, 0.15) is 43.2 Å². The number of hydrogen-bond acceptors (Lipinski definition) is 3. The maximum absolute atomic E-state index is 12.3. The molecule has 0 saturated carbocycles. The lowest BCUT2D eigenvalue weighted by Crippen LogP contribution is -2.33. The molecule has 1 unspecified atom stereocenters. The van der Waals surface area contributed by atoms with Crippen molar-refractivity contribution in [2.45, 2.75) is 46.0 Å². The van der Waals surface area contributed by atoms with Crippen LogP contribution in [0.15, 0.2) is 18.2 Å². The number of carboxylic acid groups (broad SMARTS) is 1. The third-order valence-electron chi connectivity index (χ3n) is 4.73. The highest BCUT2D eigenvalue weighted by Crippen LogP contribution is 2.29. The topological polar surface area (TPSA) is 86.7 Å². The van der Waals surface area contributed by atoms with Gasteiger partial charge in [-0.3, -0.25) is 14.4 Å². The van der Waals surface area contributed by atoms with Gasteiger partial charge in [0.2, 0.25) is 11.8 Å². The Balaban J connectivity index is 1.82. The van der Waals surface area contributed by atoms with Gasteiger partial charge in [-0.1, -0.05) is 18.6 Å². The van der Waals surface area contributed by atoms with Gasteiger partial charge < -0.3 is 15.3 Å². The van der Waals surface area contributed by atoms with Gasteiger partial charge in [0, 0.05) is 31.6 Å². The van der Waals surface area contributed by atoms with Gasteiger partial charge in [-0.05, 0) is 43.9 Å². The van der Waals surface area contributed by atoms with Crippen LogP contribution in [0.25, 0.3) is 0 Å². The van der Waals surface area contributed by atoms with Gasteiger partial charge in [-0.15, -0.1) is 0 Å². The van der Waals surface area contributed by atoms with Gasteiger partial charge in [-0.25, -0.2) is 0 Å². The normalized spacial score (nSPS) is 17.0. The Labute approximate surface area is 148 Å². The van der Waals surface area contributed by atoms with Crippen LogP contribution in [0.4, 0.5) is 5.69 Å². The number of hydrogen-bond donors (Lipinski definition) is 2. The van der Waals surface area contributed by atoms with Crippen molar-refractivity contribution in [2.24, 2.45) is 5.92 Å². The van der Waals surface area contributed by atoms with Crippen LogP contribution in [0.3, 0.4) is 0 Å². The van der Waals surface area contributed by atoms with E-state index in [1.54, 1.807) is 4.90 Å². The van der Waals surface area contributed by atoms with Crippen LogP contribution < -0.4 is 10.2 Å². The zero-order valence-corrected chi connectivity index (χ0v) is 14.9. The van der Waals surface area contributed by atoms with Crippen LogP contribution in [0.2, 0.25) is 0 Å². The number of benzene rings is 1. The van der Waals surface area contributed by atoms with Crippen LogP contribution in [-0.4, -0.2) is 36.0 Å². The Kier molecular flexibility index (Phi) is 6.56. The summed E-state index contributed by atoms with van der Waals surface area (Å²) < 4.78 is 0. The smallest absolute Gasteiger partial charge is 0.303 e. The van der Waals surface area contributed by atoms with E-state index < -0.39 is 5.97 Å². The molecule has 6 nitrogen and oxygen atoms in total. The minimum absolute atomic E-state index is 0.0182. The molecular weight excluding hydrogens is 320 g/mol. The van der Waals surface area contributed by atoms with E-state index in [1.165, 1.54) is 0 Å². The first kappa shape index (κ1) is 19.0. The van der Waals surface area contributed by atoms with E-state index >= 15 is 0 Å². The third kappa shape index (κ3) is 5.05. The van der Waals surface area contributed by atoms with Crippen molar-refractivity contribution in [3.63, 3.8) is 0 Å². The molecule has 1 atom stereocenters. The van der Waals surface area contributed by atoms with Crippen LogP contribution >= 0.6 is 0 Å². The number of carbonyl (C=O) groups excluding carboxylic acids is 2. The average molecular weight is 346 g/mol. The SMILES string of the molecule is Cc1cccc(N2CC(C(=O)NCCCCCC(=O)O)CC2=O)c1C. The maximum atomic E-state index is 12.3. The van der Waals surface area contributed by atoms with E-state index in [9.17, 15) is 14.4 Å². The molecule has 1 fully saturated rings. The van der Waals surface area contributed by atoms with Gasteiger partial charge in [0.15, 0.2) is 0 Å². The molecular formula is C19H26N2O4. The molecule has 1 aromatic carbocycles. The second-order valence-electron chi connectivity index (χ2n) is 6.62. The lowest BCUT2D eigenvalue weighted by molar-refractivity contribution is -0.137. The van der Waals surface area contributed by atoms with E-state index in [0.717, 1.165) is 29.7 Å². The number of aryl methyl sites for hydroxylation is 1. The number of carboxylic acids is 1. The molecule has 2 N–H and O–H groups in total. The van der Waals surface area contributed by atoms with Crippen molar-refractivity contribution >= 4 is 23.5 Å². The molecule has 136 valence electrons. The van der Waals surface area contributed by atoms with Crippen molar-refractivity contribution in [2.75, 3.05) is 18.0 Å². The summed E-state index contributed by atoms with van der Waals surface area (Å²) in [6.07, 6.45) is 2.53. The first-order valence-electron chi connectivity index (χ1n) is 8.76. The summed E-state index contributed by atoms with van der Waals surface area (Å²) in [5.41, 5.74) is 3.07. The molecule has 2 amide bonds. The van der Waals surface area contributed by atoms with Gasteiger partial charge in [0.05, 0.1) is 5.92 Å². The van der Waals surface area contributed by atoms with Crippen molar-refractivity contribution in [1.82, 2.24) is 5.32 Å². The highest BCUT2D eigenvalue weighted by Gasteiger charge is 2.35. The number of unbranched alkanes of at least 4 members (excludes halogenated alkanes) is 2. The molecule has 0 bridgehead atoms. The highest BCUT2D eigenvalue weighted by molar-refractivity contribution is 6.00. The number of anilines is 1. The maximum Gasteiger partial charge on any atom is 0.303 e. The second kappa shape index (κ2) is 8.65. The average Bonchev–Trinajstić information content (AvgIpc) is 2.94. The number of rotatable bonds is 8. The summed E-state index contributed by atoms with van der Waals surface area (Å²) in [7, 11) is 0. The molecule has 1 saturated heterocycles. The summed E-state index contributed by atoms with van der Waals surface area (Å²) in [6.45, 7) is 4.93. The Morgan fingerprint density at radius 2 is 2.00 bits per heavy atom. The molecule has 25 heavy (non-hydrogen) atoms. The Morgan fingerprint density at radius 3 is 2.72 bits per heavy atom. The third-order valence-corrected chi connectivity index (χ3v) is 4.73. The molecule has 0 aromatic heterocycles. The number of aliphatic carboxylic acids is 1. The lowest BCUT2D eigenvalue weighted by atomic mass is 10.1. The Bertz CT molecular complexity index is 657. The number of nitrogens with one attached hydrogen (secondary N) is 1. The predicted molar refractivity (Wildman–Crippen MR) is 95.5 cm³/mol. The lowest BCUT2D eigenvalue weighted by Gasteiger charge is -2.20. The zero-order chi connectivity index (χ0) is 18.4.